The molecule has 0 spiro atoms. The molecule has 0 amide bonds. The molecular weight excluding hydrogens is 471 g/mol. The minimum absolute atomic E-state index is 0. The fourth-order valence-electron chi connectivity index (χ4n) is 2.65. The van der Waals surface area contributed by atoms with Gasteiger partial charge < -0.3 is 14.2 Å². The van der Waals surface area contributed by atoms with Crippen LogP contribution in [0.5, 0.6) is 34.9 Å². The third kappa shape index (κ3) is 5.44. The molecule has 0 aliphatic carbocycles. The molecule has 4 aromatic rings. The van der Waals surface area contributed by atoms with Crippen LogP contribution in [0.15, 0.2) is 72.9 Å². The topological polar surface area (TPSA) is 53.5 Å². The van der Waals surface area contributed by atoms with Crippen LogP contribution in [0.2, 0.25) is 0 Å². The monoisotopic (exact) mass is 488 g/mol. The predicted molar refractivity (Wildman–Crippen MR) is 109 cm³/mol. The van der Waals surface area contributed by atoms with E-state index in [9.17, 15) is 0 Å². The number of nitrogens with zero attached hydrogens (tertiary/aromatic N) is 2. The van der Waals surface area contributed by atoms with Gasteiger partial charge in [-0.25, -0.2) is 4.98 Å². The van der Waals surface area contributed by atoms with Gasteiger partial charge in [-0.05, 0) is 6.07 Å². The van der Waals surface area contributed by atoms with Gasteiger partial charge in [-0.3, -0.25) is 0 Å². The molecule has 0 aliphatic rings. The van der Waals surface area contributed by atoms with Gasteiger partial charge in [0.1, 0.15) is 0 Å². The van der Waals surface area contributed by atoms with Gasteiger partial charge in [-0.1, -0.05) is 32.0 Å². The average molecular weight is 489 g/mol. The number of para-hydroxylation sites is 1. The Hall–Kier alpha value is -3.20. The van der Waals surface area contributed by atoms with Gasteiger partial charge in [-0.15, -0.1) is 23.3 Å². The maximum atomic E-state index is 5.96. The Bertz CT molecular complexity index is 1110. The number of aromatic nitrogens is 2. The zero-order valence-corrected chi connectivity index (χ0v) is 17.9. The average Bonchev–Trinajstić information content (AvgIpc) is 2.73. The molecule has 0 bridgehead atoms. The van der Waals surface area contributed by atoms with E-state index in [1.807, 2.05) is 50.2 Å². The molecule has 30 heavy (non-hydrogen) atoms. The van der Waals surface area contributed by atoms with Crippen LogP contribution in [0.25, 0.3) is 0 Å². The Labute approximate surface area is 189 Å². The van der Waals surface area contributed by atoms with Crippen molar-refractivity contribution in [2.45, 2.75) is 13.8 Å². The zero-order chi connectivity index (χ0) is 20.1. The Morgan fingerprint density at radius 1 is 0.733 bits per heavy atom. The number of ether oxygens (including phenoxy) is 3. The molecule has 0 N–H and O–H groups in total. The van der Waals surface area contributed by atoms with E-state index in [4.69, 9.17) is 14.2 Å². The Morgan fingerprint density at radius 3 is 2.13 bits per heavy atom. The molecule has 2 aromatic carbocycles. The van der Waals surface area contributed by atoms with Crippen molar-refractivity contribution in [3.05, 3.63) is 96.2 Å². The number of hydrogen-bond acceptors (Lipinski definition) is 5. The van der Waals surface area contributed by atoms with Gasteiger partial charge in [0.2, 0.25) is 17.6 Å². The molecule has 152 valence electrons. The largest absolute Gasteiger partial charge is 2.00 e. The predicted octanol–water partition coefficient (Wildman–Crippen LogP) is 6.07. The maximum absolute atomic E-state index is 5.96. The van der Waals surface area contributed by atoms with Gasteiger partial charge in [-0.2, -0.15) is 29.2 Å². The first-order chi connectivity index (χ1) is 14.2. The second-order valence-corrected chi connectivity index (χ2v) is 6.31. The summed E-state index contributed by atoms with van der Waals surface area (Å²) >= 11 is 0. The van der Waals surface area contributed by atoms with E-state index >= 15 is 0 Å². The van der Waals surface area contributed by atoms with E-state index in [1.54, 1.807) is 36.5 Å². The van der Waals surface area contributed by atoms with Crippen molar-refractivity contribution in [2.24, 2.45) is 0 Å². The van der Waals surface area contributed by atoms with Crippen molar-refractivity contribution >= 4 is 0 Å². The van der Waals surface area contributed by atoms with Crippen molar-refractivity contribution in [3.63, 3.8) is 0 Å². The smallest absolute Gasteiger partial charge is 0.509 e. The maximum Gasteiger partial charge on any atom is 2.00 e. The van der Waals surface area contributed by atoms with Crippen LogP contribution in [0.4, 0.5) is 0 Å². The van der Waals surface area contributed by atoms with Crippen LogP contribution in [0, 0.1) is 26.0 Å². The number of hydrogen-bond donors (Lipinski definition) is 0. The molecule has 0 unspecified atom stereocenters. The Kier molecular flexibility index (Phi) is 7.18. The quantitative estimate of drug-likeness (QED) is 0.244. The van der Waals surface area contributed by atoms with Crippen molar-refractivity contribution in [3.8, 4) is 34.9 Å². The summed E-state index contributed by atoms with van der Waals surface area (Å²) in [6, 6.07) is 26.4. The van der Waals surface area contributed by atoms with Crippen LogP contribution < -0.4 is 14.2 Å². The van der Waals surface area contributed by atoms with Gasteiger partial charge in [0.25, 0.3) is 0 Å². The SMILES string of the molecule is Cc1cc(C)c(Oc2cccc(Oc3ccccn3)n2)[c-]c1Oc1[c-]cccc1.[Pd+2]. The van der Waals surface area contributed by atoms with Gasteiger partial charge in [0, 0.05) is 41.6 Å². The summed E-state index contributed by atoms with van der Waals surface area (Å²) in [6.45, 7) is 3.91. The number of pyridine rings is 2. The summed E-state index contributed by atoms with van der Waals surface area (Å²) in [5, 5.41) is 0. The summed E-state index contributed by atoms with van der Waals surface area (Å²) in [6.07, 6.45) is 1.66. The van der Waals surface area contributed by atoms with Crippen LogP contribution in [0.1, 0.15) is 11.1 Å². The molecule has 0 aliphatic heterocycles. The minimum atomic E-state index is 0. The molecular formula is C24H18N2O3Pd. The standard InChI is InChI=1S/C24H18N2O3.Pd/c1-17-15-18(2)21(16-20(17)27-19-9-4-3-5-10-19)28-23-12-8-13-24(26-23)29-22-11-6-7-14-25-22;/h3-9,11-15H,1-2H3;/q-2;+2. The van der Waals surface area contributed by atoms with E-state index in [2.05, 4.69) is 22.1 Å². The summed E-state index contributed by atoms with van der Waals surface area (Å²) < 4.78 is 17.5. The van der Waals surface area contributed by atoms with Crippen molar-refractivity contribution in [1.29, 1.82) is 0 Å². The summed E-state index contributed by atoms with van der Waals surface area (Å²) in [5.41, 5.74) is 1.87. The molecule has 2 heterocycles. The van der Waals surface area contributed by atoms with Crippen LogP contribution in [0.3, 0.4) is 0 Å². The van der Waals surface area contributed by atoms with Crippen molar-refractivity contribution in [2.75, 3.05) is 0 Å². The normalized spacial score (nSPS) is 10.1. The molecule has 0 fully saturated rings. The first-order valence-electron chi connectivity index (χ1n) is 9.09. The first kappa shape index (κ1) is 21.5. The molecule has 4 rings (SSSR count). The van der Waals surface area contributed by atoms with E-state index in [0.29, 0.717) is 34.9 Å². The van der Waals surface area contributed by atoms with E-state index < -0.39 is 0 Å². The second kappa shape index (κ2) is 10.0. The fourth-order valence-corrected chi connectivity index (χ4v) is 2.65. The molecule has 0 saturated heterocycles. The van der Waals surface area contributed by atoms with E-state index in [1.165, 1.54) is 0 Å². The number of rotatable bonds is 6. The number of aryl methyl sites for hydroxylation is 2. The third-order valence-corrected chi connectivity index (χ3v) is 4.02. The third-order valence-electron chi connectivity index (χ3n) is 4.02. The summed E-state index contributed by atoms with van der Waals surface area (Å²) in [7, 11) is 0. The Morgan fingerprint density at radius 2 is 1.43 bits per heavy atom. The Balaban J connectivity index is 0.00000256. The zero-order valence-electron chi connectivity index (χ0n) is 16.4. The van der Waals surface area contributed by atoms with E-state index in [-0.39, 0.29) is 20.4 Å². The van der Waals surface area contributed by atoms with Gasteiger partial charge in [0.05, 0.1) is 0 Å². The molecule has 0 radical (unpaired) electrons. The van der Waals surface area contributed by atoms with E-state index in [0.717, 1.165) is 11.1 Å². The fraction of sp³-hybridized carbons (Fsp3) is 0.0833. The van der Waals surface area contributed by atoms with Crippen LogP contribution in [-0.2, 0) is 20.4 Å². The summed E-state index contributed by atoms with van der Waals surface area (Å²) in [5.74, 6) is 2.97. The molecule has 0 atom stereocenters. The molecule has 0 saturated carbocycles. The van der Waals surface area contributed by atoms with Crippen molar-refractivity contribution < 1.29 is 34.6 Å². The second-order valence-electron chi connectivity index (χ2n) is 6.31. The minimum Gasteiger partial charge on any atom is -0.509 e. The van der Waals surface area contributed by atoms with Crippen molar-refractivity contribution in [1.82, 2.24) is 9.97 Å². The molecule has 2 aromatic heterocycles. The first-order valence-corrected chi connectivity index (χ1v) is 9.09. The molecule has 5 nitrogen and oxygen atoms in total. The van der Waals surface area contributed by atoms with Gasteiger partial charge in [0.15, 0.2) is 0 Å². The van der Waals surface area contributed by atoms with Crippen LogP contribution >= 0.6 is 0 Å². The number of benzene rings is 2. The van der Waals surface area contributed by atoms with Gasteiger partial charge >= 0.3 is 20.4 Å². The molecule has 6 heteroatoms. The summed E-state index contributed by atoms with van der Waals surface area (Å²) in [4.78, 5) is 8.52. The van der Waals surface area contributed by atoms with Crippen LogP contribution in [-0.4, -0.2) is 9.97 Å².